The van der Waals surface area contributed by atoms with Crippen molar-refractivity contribution in [1.29, 1.82) is 0 Å². The van der Waals surface area contributed by atoms with E-state index in [0.29, 0.717) is 11.8 Å². The van der Waals surface area contributed by atoms with E-state index >= 15 is 0 Å². The number of aromatic amines is 1. The van der Waals surface area contributed by atoms with Crippen LogP contribution in [0.3, 0.4) is 0 Å². The molecule has 0 aliphatic heterocycles. The minimum Gasteiger partial charge on any atom is -0.366 e. The Bertz CT molecular complexity index is 584. The highest BCUT2D eigenvalue weighted by Crippen LogP contribution is 2.29. The van der Waals surface area contributed by atoms with Gasteiger partial charge in [0, 0.05) is 24.5 Å². The Balaban J connectivity index is 2.18. The van der Waals surface area contributed by atoms with Gasteiger partial charge >= 0.3 is 0 Å². The Morgan fingerprint density at radius 1 is 1.21 bits per heavy atom. The van der Waals surface area contributed by atoms with Gasteiger partial charge in [0.05, 0.1) is 0 Å². The molecule has 0 amide bonds. The molecule has 0 spiro atoms. The molecule has 2 atom stereocenters. The van der Waals surface area contributed by atoms with Gasteiger partial charge < -0.3 is 4.98 Å². The number of H-pyrrole nitrogens is 1. The number of pyridine rings is 1. The maximum absolute atomic E-state index is 12.2. The largest absolute Gasteiger partial charge is 0.366 e. The van der Waals surface area contributed by atoms with Crippen molar-refractivity contribution in [3.05, 3.63) is 28.7 Å². The fourth-order valence-corrected chi connectivity index (χ4v) is 4.25. The van der Waals surface area contributed by atoms with Gasteiger partial charge in [-0.05, 0) is 31.1 Å². The van der Waals surface area contributed by atoms with E-state index in [2.05, 4.69) is 23.6 Å². The first kappa shape index (κ1) is 14.3. The predicted molar refractivity (Wildman–Crippen MR) is 73.4 cm³/mol. The number of sulfonamides is 1. The summed E-state index contributed by atoms with van der Waals surface area (Å²) < 4.78 is 27.1. The molecule has 106 valence electrons. The Morgan fingerprint density at radius 3 is 2.42 bits per heavy atom. The van der Waals surface area contributed by atoms with E-state index in [1.807, 2.05) is 0 Å². The van der Waals surface area contributed by atoms with Crippen molar-refractivity contribution in [2.75, 3.05) is 0 Å². The average molecular weight is 284 g/mol. The normalized spacial score (nSPS) is 28.2. The summed E-state index contributed by atoms with van der Waals surface area (Å²) in [6, 6.07) is 1.14. The van der Waals surface area contributed by atoms with Gasteiger partial charge in [0.15, 0.2) is 0 Å². The SMILES string of the molecule is CC1CC(C)CC(NS(=O)(=O)c2c[nH]ccc2=O)C1. The van der Waals surface area contributed by atoms with Crippen LogP contribution in [0.5, 0.6) is 0 Å². The Kier molecular flexibility index (Phi) is 4.10. The van der Waals surface area contributed by atoms with Gasteiger partial charge in [-0.25, -0.2) is 13.1 Å². The Hall–Kier alpha value is -1.14. The third-order valence-electron chi connectivity index (χ3n) is 3.58. The van der Waals surface area contributed by atoms with Crippen molar-refractivity contribution in [2.24, 2.45) is 11.8 Å². The summed E-state index contributed by atoms with van der Waals surface area (Å²) in [5, 5.41) is 0. The lowest BCUT2D eigenvalue weighted by molar-refractivity contribution is 0.257. The summed E-state index contributed by atoms with van der Waals surface area (Å²) in [5.74, 6) is 1.01. The van der Waals surface area contributed by atoms with Crippen LogP contribution in [0, 0.1) is 11.8 Å². The highest BCUT2D eigenvalue weighted by Gasteiger charge is 2.28. The van der Waals surface area contributed by atoms with Gasteiger partial charge in [-0.3, -0.25) is 4.79 Å². The highest BCUT2D eigenvalue weighted by molar-refractivity contribution is 7.89. The fourth-order valence-electron chi connectivity index (χ4n) is 2.94. The molecule has 1 fully saturated rings. The maximum atomic E-state index is 12.2. The predicted octanol–water partition coefficient (Wildman–Crippen LogP) is 1.48. The van der Waals surface area contributed by atoms with Gasteiger partial charge in [0.2, 0.25) is 15.5 Å². The lowest BCUT2D eigenvalue weighted by Gasteiger charge is -2.31. The zero-order valence-electron chi connectivity index (χ0n) is 11.2. The Labute approximate surface area is 113 Å². The van der Waals surface area contributed by atoms with E-state index in [1.165, 1.54) is 18.5 Å². The van der Waals surface area contributed by atoms with Crippen molar-refractivity contribution in [3.8, 4) is 0 Å². The zero-order valence-corrected chi connectivity index (χ0v) is 12.0. The molecule has 0 radical (unpaired) electrons. The van der Waals surface area contributed by atoms with E-state index in [9.17, 15) is 13.2 Å². The lowest BCUT2D eigenvalue weighted by Crippen LogP contribution is -2.41. The number of hydrogen-bond acceptors (Lipinski definition) is 3. The van der Waals surface area contributed by atoms with Crippen molar-refractivity contribution >= 4 is 10.0 Å². The molecular weight excluding hydrogens is 264 g/mol. The standard InChI is InChI=1S/C13H20N2O3S/c1-9-5-10(2)7-11(6-9)15-19(17,18)13-8-14-4-3-12(13)16/h3-4,8-11,15H,5-7H2,1-2H3,(H,14,16). The first-order valence-corrected chi connectivity index (χ1v) is 8.06. The first-order chi connectivity index (χ1) is 8.88. The molecule has 1 heterocycles. The molecular formula is C13H20N2O3S. The van der Waals surface area contributed by atoms with Gasteiger partial charge in [0.1, 0.15) is 4.90 Å². The van der Waals surface area contributed by atoms with E-state index < -0.39 is 15.5 Å². The number of hydrogen-bond donors (Lipinski definition) is 2. The smallest absolute Gasteiger partial charge is 0.246 e. The minimum atomic E-state index is -3.73. The summed E-state index contributed by atoms with van der Waals surface area (Å²) in [6.45, 7) is 4.26. The van der Waals surface area contributed by atoms with E-state index in [-0.39, 0.29) is 10.9 Å². The van der Waals surface area contributed by atoms with Crippen LogP contribution in [-0.2, 0) is 10.0 Å². The molecule has 5 nitrogen and oxygen atoms in total. The molecule has 0 saturated heterocycles. The van der Waals surface area contributed by atoms with Crippen LogP contribution in [-0.4, -0.2) is 19.4 Å². The summed E-state index contributed by atoms with van der Waals surface area (Å²) in [5.41, 5.74) is -0.483. The van der Waals surface area contributed by atoms with E-state index in [1.54, 1.807) is 0 Å². The molecule has 2 N–H and O–H groups in total. The summed E-state index contributed by atoms with van der Waals surface area (Å²) >= 11 is 0. The third kappa shape index (κ3) is 3.45. The lowest BCUT2D eigenvalue weighted by atomic mass is 9.81. The van der Waals surface area contributed by atoms with Crippen molar-refractivity contribution in [2.45, 2.75) is 44.0 Å². The fraction of sp³-hybridized carbons (Fsp3) is 0.615. The Morgan fingerprint density at radius 2 is 1.84 bits per heavy atom. The second-order valence-corrected chi connectivity index (χ2v) is 7.29. The van der Waals surface area contributed by atoms with Crippen LogP contribution in [0.15, 0.2) is 28.2 Å². The van der Waals surface area contributed by atoms with Gasteiger partial charge in [0.25, 0.3) is 0 Å². The second kappa shape index (κ2) is 5.46. The summed E-state index contributed by atoms with van der Waals surface area (Å²) in [4.78, 5) is 14.0. The van der Waals surface area contributed by atoms with Crippen LogP contribution in [0.1, 0.15) is 33.1 Å². The summed E-state index contributed by atoms with van der Waals surface area (Å²) in [7, 11) is -3.73. The number of nitrogens with one attached hydrogen (secondary N) is 2. The molecule has 0 aromatic carbocycles. The first-order valence-electron chi connectivity index (χ1n) is 6.58. The molecule has 1 aliphatic carbocycles. The molecule has 1 aromatic rings. The molecule has 2 unspecified atom stereocenters. The second-order valence-electron chi connectivity index (χ2n) is 5.61. The molecule has 0 bridgehead atoms. The molecule has 19 heavy (non-hydrogen) atoms. The van der Waals surface area contributed by atoms with Crippen molar-refractivity contribution < 1.29 is 8.42 Å². The van der Waals surface area contributed by atoms with Crippen LogP contribution in [0.2, 0.25) is 0 Å². The monoisotopic (exact) mass is 284 g/mol. The van der Waals surface area contributed by atoms with Crippen LogP contribution < -0.4 is 10.2 Å². The molecule has 1 saturated carbocycles. The number of rotatable bonds is 3. The number of aromatic nitrogens is 1. The minimum absolute atomic E-state index is 0.0802. The molecule has 1 aliphatic rings. The zero-order chi connectivity index (χ0) is 14.0. The average Bonchev–Trinajstić information content (AvgIpc) is 2.26. The van der Waals surface area contributed by atoms with Gasteiger partial charge in [-0.1, -0.05) is 13.8 Å². The topological polar surface area (TPSA) is 79.0 Å². The van der Waals surface area contributed by atoms with Gasteiger partial charge in [-0.15, -0.1) is 0 Å². The van der Waals surface area contributed by atoms with Crippen LogP contribution >= 0.6 is 0 Å². The third-order valence-corrected chi connectivity index (χ3v) is 5.12. The summed E-state index contributed by atoms with van der Waals surface area (Å²) in [6.07, 6.45) is 5.44. The maximum Gasteiger partial charge on any atom is 0.246 e. The quantitative estimate of drug-likeness (QED) is 0.882. The van der Waals surface area contributed by atoms with Crippen molar-refractivity contribution in [1.82, 2.24) is 9.71 Å². The molecule has 1 aromatic heterocycles. The molecule has 2 rings (SSSR count). The van der Waals surface area contributed by atoms with E-state index in [0.717, 1.165) is 19.3 Å². The van der Waals surface area contributed by atoms with E-state index in [4.69, 9.17) is 0 Å². The highest BCUT2D eigenvalue weighted by atomic mass is 32.2. The van der Waals surface area contributed by atoms with Crippen LogP contribution in [0.4, 0.5) is 0 Å². The van der Waals surface area contributed by atoms with Crippen molar-refractivity contribution in [3.63, 3.8) is 0 Å². The van der Waals surface area contributed by atoms with Crippen LogP contribution in [0.25, 0.3) is 0 Å². The molecule has 6 heteroatoms. The van der Waals surface area contributed by atoms with Gasteiger partial charge in [-0.2, -0.15) is 0 Å².